The van der Waals surface area contributed by atoms with E-state index in [-0.39, 0.29) is 6.61 Å². The van der Waals surface area contributed by atoms with Crippen molar-refractivity contribution >= 4 is 21.6 Å². The van der Waals surface area contributed by atoms with Crippen molar-refractivity contribution < 1.29 is 5.11 Å². The lowest BCUT2D eigenvalue weighted by Crippen LogP contribution is -2.02. The van der Waals surface area contributed by atoms with Crippen LogP contribution >= 0.6 is 15.9 Å². The zero-order valence-electron chi connectivity index (χ0n) is 10.2. The Morgan fingerprint density at radius 1 is 1.44 bits per heavy atom. The molecule has 4 nitrogen and oxygen atoms in total. The summed E-state index contributed by atoms with van der Waals surface area (Å²) in [6.45, 7) is 3.47. The number of hydrogen-bond donors (Lipinski definition) is 2. The van der Waals surface area contributed by atoms with E-state index in [2.05, 4.69) is 51.5 Å². The van der Waals surface area contributed by atoms with Crippen LogP contribution in [0.3, 0.4) is 0 Å². The van der Waals surface area contributed by atoms with Gasteiger partial charge < -0.3 is 10.4 Å². The van der Waals surface area contributed by atoms with E-state index in [1.807, 2.05) is 6.20 Å². The fourth-order valence-electron chi connectivity index (χ4n) is 1.70. The van der Waals surface area contributed by atoms with Gasteiger partial charge in [-0.25, -0.2) is 0 Å². The molecule has 0 fully saturated rings. The quantitative estimate of drug-likeness (QED) is 0.892. The van der Waals surface area contributed by atoms with Gasteiger partial charge in [-0.3, -0.25) is 4.68 Å². The zero-order valence-corrected chi connectivity index (χ0v) is 11.8. The minimum atomic E-state index is 0.104. The summed E-state index contributed by atoms with van der Waals surface area (Å²) < 4.78 is 2.84. The first kappa shape index (κ1) is 13.1. The van der Waals surface area contributed by atoms with Crippen LogP contribution in [0, 0.1) is 6.92 Å². The van der Waals surface area contributed by atoms with Crippen LogP contribution in [0.5, 0.6) is 0 Å². The molecule has 2 aromatic rings. The second-order valence-electron chi connectivity index (χ2n) is 4.15. The number of anilines is 1. The molecule has 1 aromatic carbocycles. The molecule has 1 heterocycles. The smallest absolute Gasteiger partial charge is 0.0729 e. The summed E-state index contributed by atoms with van der Waals surface area (Å²) in [4.78, 5) is 0. The van der Waals surface area contributed by atoms with Crippen LogP contribution in [0.2, 0.25) is 0 Å². The summed E-state index contributed by atoms with van der Waals surface area (Å²) in [5.41, 5.74) is 3.42. The number of nitrogens with zero attached hydrogens (tertiary/aromatic N) is 2. The molecular formula is C13H16BrN3O. The largest absolute Gasteiger partial charge is 0.394 e. The molecule has 0 bridgehead atoms. The highest BCUT2D eigenvalue weighted by Crippen LogP contribution is 2.17. The molecule has 0 amide bonds. The van der Waals surface area contributed by atoms with Crippen LogP contribution in [0.1, 0.15) is 11.1 Å². The third kappa shape index (κ3) is 3.34. The molecule has 2 N–H and O–H groups in total. The van der Waals surface area contributed by atoms with Crippen molar-refractivity contribution in [2.75, 3.05) is 11.9 Å². The summed E-state index contributed by atoms with van der Waals surface area (Å²) in [7, 11) is 0. The van der Waals surface area contributed by atoms with Crippen LogP contribution in [0.15, 0.2) is 35.1 Å². The number of aryl methyl sites for hydroxylation is 1. The Labute approximate surface area is 115 Å². The number of nitrogens with one attached hydrogen (secondary N) is 1. The van der Waals surface area contributed by atoms with Gasteiger partial charge in [0.25, 0.3) is 0 Å². The second kappa shape index (κ2) is 6.02. The molecule has 0 saturated heterocycles. The number of hydrogen-bond acceptors (Lipinski definition) is 3. The van der Waals surface area contributed by atoms with Crippen molar-refractivity contribution in [2.24, 2.45) is 0 Å². The molecule has 0 radical (unpaired) electrons. The Morgan fingerprint density at radius 2 is 2.28 bits per heavy atom. The molecule has 0 atom stereocenters. The topological polar surface area (TPSA) is 50.1 Å². The Balaban J connectivity index is 1.95. The van der Waals surface area contributed by atoms with E-state index in [0.29, 0.717) is 6.54 Å². The van der Waals surface area contributed by atoms with E-state index in [1.165, 1.54) is 11.1 Å². The first-order valence-electron chi connectivity index (χ1n) is 5.81. The van der Waals surface area contributed by atoms with E-state index in [9.17, 15) is 0 Å². The van der Waals surface area contributed by atoms with Crippen LogP contribution in [0.25, 0.3) is 0 Å². The highest BCUT2D eigenvalue weighted by Gasteiger charge is 2.00. The van der Waals surface area contributed by atoms with Gasteiger partial charge in [0.2, 0.25) is 0 Å². The average molecular weight is 310 g/mol. The molecule has 18 heavy (non-hydrogen) atoms. The van der Waals surface area contributed by atoms with Crippen molar-refractivity contribution in [1.29, 1.82) is 0 Å². The summed E-state index contributed by atoms with van der Waals surface area (Å²) >= 11 is 3.49. The number of benzene rings is 1. The van der Waals surface area contributed by atoms with Gasteiger partial charge in [0.1, 0.15) is 0 Å². The van der Waals surface area contributed by atoms with Gasteiger partial charge in [-0.2, -0.15) is 5.10 Å². The van der Waals surface area contributed by atoms with Gasteiger partial charge in [0.15, 0.2) is 0 Å². The fraction of sp³-hybridized carbons (Fsp3) is 0.308. The Hall–Kier alpha value is -1.33. The number of rotatable bonds is 5. The van der Waals surface area contributed by atoms with Crippen molar-refractivity contribution in [2.45, 2.75) is 20.0 Å². The monoisotopic (exact) mass is 309 g/mol. The molecule has 1 aromatic heterocycles. The van der Waals surface area contributed by atoms with E-state index in [4.69, 9.17) is 5.11 Å². The van der Waals surface area contributed by atoms with Crippen LogP contribution in [-0.4, -0.2) is 21.5 Å². The first-order chi connectivity index (χ1) is 8.69. The molecule has 0 saturated carbocycles. The predicted octanol–water partition coefficient (Wildman–Crippen LogP) is 2.56. The number of aromatic nitrogens is 2. The van der Waals surface area contributed by atoms with E-state index >= 15 is 0 Å². The minimum Gasteiger partial charge on any atom is -0.394 e. The molecule has 0 unspecified atom stereocenters. The first-order valence-corrected chi connectivity index (χ1v) is 6.60. The minimum absolute atomic E-state index is 0.104. The lowest BCUT2D eigenvalue weighted by Gasteiger charge is -2.06. The van der Waals surface area contributed by atoms with Crippen molar-refractivity contribution in [1.82, 2.24) is 9.78 Å². The Morgan fingerprint density at radius 3 is 3.00 bits per heavy atom. The third-order valence-electron chi connectivity index (χ3n) is 2.68. The summed E-state index contributed by atoms with van der Waals surface area (Å²) in [5, 5.41) is 16.3. The van der Waals surface area contributed by atoms with Gasteiger partial charge >= 0.3 is 0 Å². The molecule has 0 spiro atoms. The third-order valence-corrected chi connectivity index (χ3v) is 3.57. The van der Waals surface area contributed by atoms with Gasteiger partial charge in [-0.15, -0.1) is 0 Å². The highest BCUT2D eigenvalue weighted by atomic mass is 79.9. The number of halogens is 1. The van der Waals surface area contributed by atoms with Gasteiger partial charge in [-0.1, -0.05) is 28.1 Å². The second-order valence-corrected chi connectivity index (χ2v) is 5.01. The molecule has 0 aliphatic rings. The van der Waals surface area contributed by atoms with Crippen molar-refractivity contribution in [3.8, 4) is 0 Å². The molecule has 96 valence electrons. The molecule has 5 heteroatoms. The molecular weight excluding hydrogens is 294 g/mol. The summed E-state index contributed by atoms with van der Waals surface area (Å²) in [5.74, 6) is 0. The average Bonchev–Trinajstić information content (AvgIpc) is 2.79. The van der Waals surface area contributed by atoms with Gasteiger partial charge in [0.05, 0.1) is 25.0 Å². The molecule has 2 rings (SSSR count). The maximum absolute atomic E-state index is 8.81. The van der Waals surface area contributed by atoms with Crippen LogP contribution < -0.4 is 5.32 Å². The molecule has 0 aliphatic heterocycles. The SMILES string of the molecule is Cc1cc(CNc2cnn(CCO)c2)ccc1Br. The summed E-state index contributed by atoms with van der Waals surface area (Å²) in [6, 6.07) is 6.29. The van der Waals surface area contributed by atoms with E-state index in [1.54, 1.807) is 10.9 Å². The predicted molar refractivity (Wildman–Crippen MR) is 75.5 cm³/mol. The van der Waals surface area contributed by atoms with Crippen LogP contribution in [0.4, 0.5) is 5.69 Å². The van der Waals surface area contributed by atoms with Gasteiger partial charge in [-0.05, 0) is 24.1 Å². The number of aliphatic hydroxyl groups is 1. The van der Waals surface area contributed by atoms with E-state index in [0.717, 1.165) is 16.7 Å². The standard InChI is InChI=1S/C13H16BrN3O/c1-10-6-11(2-3-13(10)14)7-15-12-8-16-17(9-12)4-5-18/h2-3,6,8-9,15,18H,4-5,7H2,1H3. The normalized spacial score (nSPS) is 10.6. The van der Waals surface area contributed by atoms with Gasteiger partial charge in [0, 0.05) is 17.2 Å². The van der Waals surface area contributed by atoms with Crippen LogP contribution in [-0.2, 0) is 13.1 Å². The lowest BCUT2D eigenvalue weighted by atomic mass is 10.1. The Kier molecular flexibility index (Phi) is 4.38. The highest BCUT2D eigenvalue weighted by molar-refractivity contribution is 9.10. The maximum atomic E-state index is 8.81. The van der Waals surface area contributed by atoms with Crippen molar-refractivity contribution in [3.05, 3.63) is 46.2 Å². The fourth-order valence-corrected chi connectivity index (χ4v) is 1.95. The zero-order chi connectivity index (χ0) is 13.0. The van der Waals surface area contributed by atoms with Crippen molar-refractivity contribution in [3.63, 3.8) is 0 Å². The van der Waals surface area contributed by atoms with E-state index < -0.39 is 0 Å². The lowest BCUT2D eigenvalue weighted by molar-refractivity contribution is 0.269. The Bertz CT molecular complexity index is 525. The maximum Gasteiger partial charge on any atom is 0.0729 e. The number of aliphatic hydroxyl groups excluding tert-OH is 1. The summed E-state index contributed by atoms with van der Waals surface area (Å²) in [6.07, 6.45) is 3.66. The molecule has 0 aliphatic carbocycles.